The van der Waals surface area contributed by atoms with Gasteiger partial charge in [-0.15, -0.1) is 0 Å². The molecule has 2 atom stereocenters. The van der Waals surface area contributed by atoms with Crippen molar-refractivity contribution in [1.82, 2.24) is 10.6 Å². The Morgan fingerprint density at radius 1 is 0.526 bits per heavy atom. The molecule has 0 unspecified atom stereocenters. The summed E-state index contributed by atoms with van der Waals surface area (Å²) in [6.07, 6.45) is 0. The first-order valence-electron chi connectivity index (χ1n) is 24.6. The average Bonchev–Trinajstić information content (AvgIpc) is 3.44. The standard InChI is InChI=1S/2C31H28N2O4.CH4.2Na.H2O/c2*1-21(23-7-3-2-4-8-23)32-30(34)25-15-16-28-29(19-25)37-18-17-33(28)20-22-11-13-24(14-12-22)26-9-5-6-10-27(26)31(35)36;;;;/h2*2-16,19,21H,17-18,20H2,1H3,(H,32,34)(H,35,36);1H4;;;1H2/q;;;2*+1;/p-2/t2*21-;;;;/m00..../s1. The van der Waals surface area contributed by atoms with Crippen LogP contribution in [0, 0.1) is 0 Å². The van der Waals surface area contributed by atoms with Crippen LogP contribution in [0.4, 0.5) is 11.4 Å². The van der Waals surface area contributed by atoms with Gasteiger partial charge in [0.05, 0.1) is 48.1 Å². The molecule has 0 bridgehead atoms. The molecular weight excluding hydrogens is 1000 g/mol. The zero-order valence-corrected chi connectivity index (χ0v) is 47.5. The number of carbonyl (C=O) groups excluding carboxylic acids is 3. The van der Waals surface area contributed by atoms with E-state index in [0.29, 0.717) is 60.1 Å². The number of nitrogens with zero attached hydrogens (tertiary/aromatic N) is 2. The molecule has 2 heterocycles. The van der Waals surface area contributed by atoms with Crippen molar-refractivity contribution in [2.45, 2.75) is 46.4 Å². The van der Waals surface area contributed by atoms with Crippen molar-refractivity contribution < 1.29 is 103 Å². The molecule has 15 heteroatoms. The molecule has 388 valence electrons. The molecule has 10 rings (SSSR count). The van der Waals surface area contributed by atoms with E-state index in [9.17, 15) is 29.4 Å². The number of carbonyl (C=O) groups is 4. The minimum atomic E-state index is -1.19. The van der Waals surface area contributed by atoms with Crippen molar-refractivity contribution in [3.05, 3.63) is 239 Å². The third kappa shape index (κ3) is 15.1. The van der Waals surface area contributed by atoms with E-state index in [1.54, 1.807) is 42.5 Å². The van der Waals surface area contributed by atoms with Crippen molar-refractivity contribution in [2.24, 2.45) is 0 Å². The van der Waals surface area contributed by atoms with Gasteiger partial charge in [-0.3, -0.25) is 9.59 Å². The van der Waals surface area contributed by atoms with E-state index in [0.717, 1.165) is 57.8 Å². The maximum Gasteiger partial charge on any atom is 1.00 e. The van der Waals surface area contributed by atoms with E-state index in [1.165, 1.54) is 0 Å². The second-order valence-electron chi connectivity index (χ2n) is 18.2. The van der Waals surface area contributed by atoms with Crippen LogP contribution in [0.1, 0.15) is 97.0 Å². The van der Waals surface area contributed by atoms with Gasteiger partial charge in [0.1, 0.15) is 24.7 Å². The predicted molar refractivity (Wildman–Crippen MR) is 294 cm³/mol. The van der Waals surface area contributed by atoms with Gasteiger partial charge in [-0.2, -0.15) is 0 Å². The molecule has 0 fully saturated rings. The molecule has 8 aromatic carbocycles. The van der Waals surface area contributed by atoms with Crippen molar-refractivity contribution in [3.8, 4) is 33.8 Å². The SMILES string of the molecule is C.C[C@H](NC(=O)c1ccc2c(c1)OCCN2Cc1ccc(-c2ccccc2C(=O)O)cc1)c1ccccc1.C[C@H](NC(=O)c1ccc2c(c1)OCCN2Cc1ccc(-c2ccccc2C(=O)[O-])cc1)c1ccccc1.[Na+].[Na+].[OH-]. The largest absolute Gasteiger partial charge is 1.00 e. The first kappa shape index (κ1) is 61.7. The Bertz CT molecular complexity index is 3070. The van der Waals surface area contributed by atoms with Gasteiger partial charge in [0, 0.05) is 29.8 Å². The summed E-state index contributed by atoms with van der Waals surface area (Å²) in [7, 11) is 0. The summed E-state index contributed by atoms with van der Waals surface area (Å²) in [6, 6.07) is 60.3. The Balaban J connectivity index is 0.000000273. The molecule has 0 spiro atoms. The topological polar surface area (TPSA) is 191 Å². The summed E-state index contributed by atoms with van der Waals surface area (Å²) in [5.74, 6) is -1.03. The number of ether oxygens (including phenoxy) is 2. The van der Waals surface area contributed by atoms with Crippen molar-refractivity contribution in [2.75, 3.05) is 36.1 Å². The summed E-state index contributed by atoms with van der Waals surface area (Å²) < 4.78 is 11.8. The first-order valence-corrected chi connectivity index (χ1v) is 24.6. The second kappa shape index (κ2) is 29.0. The van der Waals surface area contributed by atoms with E-state index in [2.05, 4.69) is 20.4 Å². The summed E-state index contributed by atoms with van der Waals surface area (Å²) in [4.78, 5) is 53.3. The molecule has 0 radical (unpaired) electrons. The Labute approximate surface area is 500 Å². The number of hydrogen-bond acceptors (Lipinski definition) is 10. The van der Waals surface area contributed by atoms with E-state index < -0.39 is 11.9 Å². The summed E-state index contributed by atoms with van der Waals surface area (Å²) in [5.41, 5.74) is 10.8. The van der Waals surface area contributed by atoms with Crippen LogP contribution in [-0.2, 0) is 13.1 Å². The van der Waals surface area contributed by atoms with Crippen LogP contribution >= 0.6 is 0 Å². The fourth-order valence-electron chi connectivity index (χ4n) is 9.23. The Kier molecular flexibility index (Phi) is 22.9. The molecule has 0 aromatic heterocycles. The van der Waals surface area contributed by atoms with E-state index in [4.69, 9.17) is 9.47 Å². The Hall–Kier alpha value is -7.20. The summed E-state index contributed by atoms with van der Waals surface area (Å²) >= 11 is 0. The molecule has 2 amide bonds. The van der Waals surface area contributed by atoms with Gasteiger partial charge in [-0.25, -0.2) is 4.79 Å². The fourth-order valence-corrected chi connectivity index (χ4v) is 9.23. The minimum Gasteiger partial charge on any atom is -0.870 e. The summed E-state index contributed by atoms with van der Waals surface area (Å²) in [6.45, 7) is 7.77. The Morgan fingerprint density at radius 2 is 0.897 bits per heavy atom. The van der Waals surface area contributed by atoms with Crippen LogP contribution < -0.4 is 94.1 Å². The normalized spacial score (nSPS) is 12.6. The summed E-state index contributed by atoms with van der Waals surface area (Å²) in [5, 5.41) is 27.1. The zero-order valence-electron chi connectivity index (χ0n) is 43.5. The van der Waals surface area contributed by atoms with Gasteiger partial charge >= 0.3 is 65.1 Å². The molecule has 2 aliphatic heterocycles. The molecule has 4 N–H and O–H groups in total. The van der Waals surface area contributed by atoms with Gasteiger partial charge in [-0.05, 0) is 101 Å². The maximum atomic E-state index is 12.9. The molecular formula is C63H60N4Na2O9. The maximum absolute atomic E-state index is 12.9. The van der Waals surface area contributed by atoms with Crippen molar-refractivity contribution >= 4 is 35.1 Å². The number of rotatable bonds is 14. The second-order valence-corrected chi connectivity index (χ2v) is 18.2. The van der Waals surface area contributed by atoms with Gasteiger partial charge < -0.3 is 50.4 Å². The smallest absolute Gasteiger partial charge is 0.870 e. The van der Waals surface area contributed by atoms with Crippen LogP contribution in [0.25, 0.3) is 22.3 Å². The minimum absolute atomic E-state index is 0. The van der Waals surface area contributed by atoms with Crippen LogP contribution in [0.15, 0.2) is 194 Å². The number of nitrogens with one attached hydrogen (secondary N) is 2. The van der Waals surface area contributed by atoms with Crippen LogP contribution in [0.5, 0.6) is 11.5 Å². The van der Waals surface area contributed by atoms with Crippen molar-refractivity contribution in [3.63, 3.8) is 0 Å². The third-order valence-corrected chi connectivity index (χ3v) is 13.2. The van der Waals surface area contributed by atoms with Crippen LogP contribution in [0.2, 0.25) is 0 Å². The number of carboxylic acid groups (broad SMARTS) is 2. The van der Waals surface area contributed by atoms with E-state index in [-0.39, 0.29) is 107 Å². The number of aromatic carboxylic acids is 2. The van der Waals surface area contributed by atoms with E-state index in [1.807, 2.05) is 166 Å². The molecule has 0 saturated heterocycles. The molecule has 2 aliphatic rings. The number of benzene rings is 8. The van der Waals surface area contributed by atoms with Crippen molar-refractivity contribution in [1.29, 1.82) is 0 Å². The monoisotopic (exact) mass is 1060 g/mol. The number of anilines is 2. The van der Waals surface area contributed by atoms with Gasteiger partial charge in [0.25, 0.3) is 11.8 Å². The van der Waals surface area contributed by atoms with E-state index >= 15 is 0 Å². The van der Waals surface area contributed by atoms with Gasteiger partial charge in [0.2, 0.25) is 0 Å². The first-order chi connectivity index (χ1) is 36.0. The average molecular weight is 1060 g/mol. The van der Waals surface area contributed by atoms with Crippen LogP contribution in [-0.4, -0.2) is 60.6 Å². The van der Waals surface area contributed by atoms with Crippen LogP contribution in [0.3, 0.4) is 0 Å². The molecule has 0 saturated carbocycles. The van der Waals surface area contributed by atoms with Gasteiger partial charge in [-0.1, -0.05) is 159 Å². The molecule has 0 aliphatic carbocycles. The number of amides is 2. The number of fused-ring (bicyclic) bond motifs is 2. The fraction of sp³-hybridized carbons (Fsp3) is 0.175. The zero-order chi connectivity index (χ0) is 51.6. The van der Waals surface area contributed by atoms with Gasteiger partial charge in [0.15, 0.2) is 0 Å². The predicted octanol–water partition coefficient (Wildman–Crippen LogP) is 5.02. The quantitative estimate of drug-likeness (QED) is 0.124. The number of carboxylic acids is 2. The molecule has 78 heavy (non-hydrogen) atoms. The third-order valence-electron chi connectivity index (χ3n) is 13.2. The Morgan fingerprint density at radius 3 is 1.29 bits per heavy atom. The molecule has 13 nitrogen and oxygen atoms in total. The molecule has 8 aromatic rings. The number of hydrogen-bond donors (Lipinski definition) is 3.